The summed E-state index contributed by atoms with van der Waals surface area (Å²) in [7, 11) is -3.79. The highest BCUT2D eigenvalue weighted by Gasteiger charge is 2.57. The molecule has 1 aromatic carbocycles. The summed E-state index contributed by atoms with van der Waals surface area (Å²) in [6.45, 7) is 2.29. The Kier molecular flexibility index (Phi) is 5.32. The van der Waals surface area contributed by atoms with Crippen molar-refractivity contribution in [1.82, 2.24) is 0 Å². The molecule has 3 fully saturated rings. The molecule has 32 heavy (non-hydrogen) atoms. The molecule has 172 valence electrons. The monoisotopic (exact) mass is 457 g/mol. The van der Waals surface area contributed by atoms with Gasteiger partial charge in [0.1, 0.15) is 6.10 Å². The molecule has 4 aliphatic rings. The fourth-order valence-electron chi connectivity index (χ4n) is 7.30. The van der Waals surface area contributed by atoms with Gasteiger partial charge in [-0.2, -0.15) is 0 Å². The molecule has 0 aromatic heterocycles. The van der Waals surface area contributed by atoms with E-state index in [0.717, 1.165) is 44.9 Å². The topological polar surface area (TPSA) is 104 Å². The first-order valence-corrected chi connectivity index (χ1v) is 13.3. The molecular formula is C25H31NO5S. The summed E-state index contributed by atoms with van der Waals surface area (Å²) < 4.78 is 28.9. The van der Waals surface area contributed by atoms with E-state index in [1.165, 1.54) is 29.8 Å². The molecule has 0 radical (unpaired) electrons. The minimum atomic E-state index is -3.79. The number of ether oxygens (including phenoxy) is 1. The van der Waals surface area contributed by atoms with Crippen molar-refractivity contribution in [2.24, 2.45) is 34.2 Å². The zero-order valence-electron chi connectivity index (χ0n) is 18.5. The lowest BCUT2D eigenvalue weighted by atomic mass is 9.52. The third-order valence-corrected chi connectivity index (χ3v) is 9.81. The first-order valence-electron chi connectivity index (χ1n) is 11.7. The normalized spacial score (nSPS) is 36.5. The molecule has 2 N–H and O–H groups in total. The van der Waals surface area contributed by atoms with E-state index in [1.54, 1.807) is 0 Å². The lowest BCUT2D eigenvalue weighted by Gasteiger charge is -2.53. The maximum atomic E-state index is 12.8. The Hall–Kier alpha value is -1.99. The van der Waals surface area contributed by atoms with Crippen molar-refractivity contribution in [2.45, 2.75) is 69.3 Å². The maximum Gasteiger partial charge on any atom is 0.338 e. The van der Waals surface area contributed by atoms with E-state index >= 15 is 0 Å². The fraction of sp³-hybridized carbons (Fsp3) is 0.600. The van der Waals surface area contributed by atoms with Crippen molar-refractivity contribution in [3.05, 3.63) is 41.5 Å². The third-order valence-electron chi connectivity index (χ3n) is 8.88. The average molecular weight is 458 g/mol. The van der Waals surface area contributed by atoms with Gasteiger partial charge in [0.2, 0.25) is 10.0 Å². The molecular weight excluding hydrogens is 426 g/mol. The van der Waals surface area contributed by atoms with Crippen molar-refractivity contribution in [1.29, 1.82) is 0 Å². The SMILES string of the molecule is C[C@]12CCC3C4CCC(=O)C=C4CCC3C1CC[C@@H]2OC(=O)c1ccc(S(N)(=O)=O)cc1. The Morgan fingerprint density at radius 1 is 1.03 bits per heavy atom. The number of hydrogen-bond donors (Lipinski definition) is 1. The number of hydrogen-bond acceptors (Lipinski definition) is 5. The second-order valence-electron chi connectivity index (χ2n) is 10.4. The summed E-state index contributed by atoms with van der Waals surface area (Å²) in [5, 5.41) is 5.14. The molecule has 0 saturated heterocycles. The Balaban J connectivity index is 1.30. The summed E-state index contributed by atoms with van der Waals surface area (Å²) in [6.07, 6.45) is 9.78. The zero-order valence-corrected chi connectivity index (χ0v) is 19.3. The van der Waals surface area contributed by atoms with E-state index in [2.05, 4.69) is 6.92 Å². The second-order valence-corrected chi connectivity index (χ2v) is 12.0. The molecule has 0 amide bonds. The number of fused-ring (bicyclic) bond motifs is 5. The molecule has 1 aromatic rings. The number of carbonyl (C=O) groups is 2. The van der Waals surface area contributed by atoms with Gasteiger partial charge in [-0.3, -0.25) is 4.79 Å². The van der Waals surface area contributed by atoms with Crippen molar-refractivity contribution in [2.75, 3.05) is 0 Å². The van der Waals surface area contributed by atoms with Crippen LogP contribution in [0.15, 0.2) is 40.8 Å². The van der Waals surface area contributed by atoms with Crippen LogP contribution in [0.3, 0.4) is 0 Å². The van der Waals surface area contributed by atoms with Gasteiger partial charge in [0.15, 0.2) is 5.78 Å². The molecule has 0 spiro atoms. The number of esters is 1. The number of primary sulfonamides is 1. The number of nitrogens with two attached hydrogens (primary N) is 1. The zero-order chi connectivity index (χ0) is 22.7. The van der Waals surface area contributed by atoms with E-state index in [-0.39, 0.29) is 16.4 Å². The van der Waals surface area contributed by atoms with E-state index in [4.69, 9.17) is 9.88 Å². The summed E-state index contributed by atoms with van der Waals surface area (Å²) in [5.41, 5.74) is 1.70. The van der Waals surface area contributed by atoms with Crippen LogP contribution >= 0.6 is 0 Å². The molecule has 0 aliphatic heterocycles. The minimum absolute atomic E-state index is 0.0182. The quantitative estimate of drug-likeness (QED) is 0.691. The lowest BCUT2D eigenvalue weighted by molar-refractivity contribution is -0.116. The van der Waals surface area contributed by atoms with E-state index in [1.807, 2.05) is 6.08 Å². The Bertz CT molecular complexity index is 1080. The van der Waals surface area contributed by atoms with Crippen LogP contribution in [0.4, 0.5) is 0 Å². The van der Waals surface area contributed by atoms with Gasteiger partial charge in [0.05, 0.1) is 10.5 Å². The molecule has 3 saturated carbocycles. The predicted octanol–water partition coefficient (Wildman–Crippen LogP) is 4.00. The van der Waals surface area contributed by atoms with Gasteiger partial charge in [-0.1, -0.05) is 12.5 Å². The van der Waals surface area contributed by atoms with Gasteiger partial charge in [0.25, 0.3) is 0 Å². The molecule has 7 heteroatoms. The third kappa shape index (κ3) is 3.63. The van der Waals surface area contributed by atoms with Crippen molar-refractivity contribution < 1.29 is 22.7 Å². The van der Waals surface area contributed by atoms with Crippen LogP contribution in [0.1, 0.15) is 68.6 Å². The summed E-state index contributed by atoms with van der Waals surface area (Å²) in [4.78, 5) is 24.7. The number of allylic oxidation sites excluding steroid dienone is 1. The van der Waals surface area contributed by atoms with E-state index in [9.17, 15) is 18.0 Å². The van der Waals surface area contributed by atoms with Crippen molar-refractivity contribution in [3.8, 4) is 0 Å². The van der Waals surface area contributed by atoms with Gasteiger partial charge < -0.3 is 4.74 Å². The van der Waals surface area contributed by atoms with Gasteiger partial charge in [0, 0.05) is 11.8 Å². The Morgan fingerprint density at radius 3 is 2.50 bits per heavy atom. The largest absolute Gasteiger partial charge is 0.458 e. The standard InChI is InChI=1S/C25H31NO5S/c1-25-13-12-20-19-9-5-17(27)14-16(19)4-8-21(20)22(25)10-11-23(25)31-24(28)15-2-6-18(7-3-15)32(26,29)30/h2-3,6-7,14,19-23H,4-5,8-13H2,1H3,(H2,26,29,30)/t19?,20?,21?,22?,23-,25-/m0/s1. The summed E-state index contributed by atoms with van der Waals surface area (Å²) in [6, 6.07) is 5.62. The molecule has 5 rings (SSSR count). The number of sulfonamides is 1. The van der Waals surface area contributed by atoms with Crippen LogP contribution < -0.4 is 5.14 Å². The van der Waals surface area contributed by atoms with Gasteiger partial charge in [-0.15, -0.1) is 0 Å². The second kappa shape index (κ2) is 7.80. The highest BCUT2D eigenvalue weighted by molar-refractivity contribution is 7.89. The Morgan fingerprint density at radius 2 is 1.78 bits per heavy atom. The van der Waals surface area contributed by atoms with Crippen molar-refractivity contribution in [3.63, 3.8) is 0 Å². The lowest BCUT2D eigenvalue weighted by Crippen LogP contribution is -2.48. The fourth-order valence-corrected chi connectivity index (χ4v) is 7.82. The molecule has 0 heterocycles. The van der Waals surface area contributed by atoms with E-state index < -0.39 is 16.0 Å². The van der Waals surface area contributed by atoms with Crippen LogP contribution in [0.25, 0.3) is 0 Å². The minimum Gasteiger partial charge on any atom is -0.458 e. The highest BCUT2D eigenvalue weighted by Crippen LogP contribution is 2.62. The van der Waals surface area contributed by atoms with Crippen LogP contribution in [-0.2, 0) is 19.6 Å². The van der Waals surface area contributed by atoms with E-state index in [0.29, 0.717) is 41.4 Å². The van der Waals surface area contributed by atoms with Crippen LogP contribution in [0.5, 0.6) is 0 Å². The molecule has 6 nitrogen and oxygen atoms in total. The van der Waals surface area contributed by atoms with Gasteiger partial charge >= 0.3 is 5.97 Å². The van der Waals surface area contributed by atoms with Gasteiger partial charge in [-0.25, -0.2) is 18.4 Å². The number of ketones is 1. The number of rotatable bonds is 3. The molecule has 6 atom stereocenters. The summed E-state index contributed by atoms with van der Waals surface area (Å²) >= 11 is 0. The van der Waals surface area contributed by atoms with Crippen LogP contribution in [0, 0.1) is 29.1 Å². The number of benzene rings is 1. The molecule has 4 unspecified atom stereocenters. The first kappa shape index (κ1) is 21.8. The van der Waals surface area contributed by atoms with Crippen LogP contribution in [-0.4, -0.2) is 26.3 Å². The maximum absolute atomic E-state index is 12.8. The predicted molar refractivity (Wildman–Crippen MR) is 119 cm³/mol. The molecule has 4 aliphatic carbocycles. The smallest absolute Gasteiger partial charge is 0.338 e. The van der Waals surface area contributed by atoms with Gasteiger partial charge in [-0.05, 0) is 99.0 Å². The highest BCUT2D eigenvalue weighted by atomic mass is 32.2. The Labute approximate surface area is 189 Å². The van der Waals surface area contributed by atoms with Crippen molar-refractivity contribution >= 4 is 21.8 Å². The summed E-state index contributed by atoms with van der Waals surface area (Å²) in [5.74, 6) is 2.29. The molecule has 0 bridgehead atoms. The first-order chi connectivity index (χ1) is 15.2. The number of carbonyl (C=O) groups excluding carboxylic acids is 2. The average Bonchev–Trinajstić information content (AvgIpc) is 3.09. The van der Waals surface area contributed by atoms with Crippen LogP contribution in [0.2, 0.25) is 0 Å².